The number of nitrogens with zero attached hydrogens (tertiary/aromatic N) is 1. The Hall–Kier alpha value is -0.610. The number of likely N-dealkylation sites (tertiary alicyclic amines) is 1. The smallest absolute Gasteiger partial charge is 0.329 e. The van der Waals surface area contributed by atoms with Gasteiger partial charge in [0.1, 0.15) is 6.61 Å². The van der Waals surface area contributed by atoms with Gasteiger partial charge < -0.3 is 9.84 Å². The minimum absolute atomic E-state index is 0.173. The number of hydrogen-bond acceptors (Lipinski definition) is 3. The standard InChI is InChI=1S/C10H17NO3/c1-10(14-5-9(12)13)6-11(7-10)4-8-2-3-8/h8H,2-7H2,1H3,(H,12,13). The first-order valence-corrected chi connectivity index (χ1v) is 5.15. The predicted octanol–water partition coefficient (Wildman–Crippen LogP) is 0.572. The van der Waals surface area contributed by atoms with E-state index in [1.165, 1.54) is 19.4 Å². The van der Waals surface area contributed by atoms with E-state index in [1.54, 1.807) is 0 Å². The van der Waals surface area contributed by atoms with E-state index in [0.717, 1.165) is 19.0 Å². The lowest BCUT2D eigenvalue weighted by molar-refractivity contribution is -0.165. The molecule has 1 aliphatic carbocycles. The molecule has 14 heavy (non-hydrogen) atoms. The highest BCUT2D eigenvalue weighted by Crippen LogP contribution is 2.33. The van der Waals surface area contributed by atoms with Crippen molar-refractivity contribution in [3.63, 3.8) is 0 Å². The molecule has 1 N–H and O–H groups in total. The first-order valence-electron chi connectivity index (χ1n) is 5.15. The molecule has 0 amide bonds. The molecule has 1 saturated carbocycles. The van der Waals surface area contributed by atoms with Crippen LogP contribution in [0.15, 0.2) is 0 Å². The van der Waals surface area contributed by atoms with Crippen molar-refractivity contribution >= 4 is 5.97 Å². The van der Waals surface area contributed by atoms with E-state index >= 15 is 0 Å². The van der Waals surface area contributed by atoms with Gasteiger partial charge in [-0.25, -0.2) is 4.79 Å². The molecule has 0 spiro atoms. The van der Waals surface area contributed by atoms with Crippen LogP contribution >= 0.6 is 0 Å². The average molecular weight is 199 g/mol. The molecule has 0 aromatic heterocycles. The zero-order valence-corrected chi connectivity index (χ0v) is 8.53. The van der Waals surface area contributed by atoms with Gasteiger partial charge >= 0.3 is 5.97 Å². The molecule has 0 unspecified atom stereocenters. The molecule has 0 radical (unpaired) electrons. The zero-order valence-electron chi connectivity index (χ0n) is 8.53. The molecule has 1 heterocycles. The fraction of sp³-hybridized carbons (Fsp3) is 0.900. The lowest BCUT2D eigenvalue weighted by atomic mass is 9.96. The van der Waals surface area contributed by atoms with Gasteiger partial charge in [-0.15, -0.1) is 0 Å². The summed E-state index contributed by atoms with van der Waals surface area (Å²) in [6.45, 7) is 4.76. The summed E-state index contributed by atoms with van der Waals surface area (Å²) >= 11 is 0. The Balaban J connectivity index is 1.65. The number of hydrogen-bond donors (Lipinski definition) is 1. The molecule has 0 aromatic carbocycles. The number of aliphatic carboxylic acids is 1. The summed E-state index contributed by atoms with van der Waals surface area (Å²) in [5.41, 5.74) is -0.215. The first-order chi connectivity index (χ1) is 6.57. The van der Waals surface area contributed by atoms with Gasteiger partial charge in [-0.1, -0.05) is 0 Å². The van der Waals surface area contributed by atoms with Gasteiger partial charge in [0, 0.05) is 19.6 Å². The second-order valence-corrected chi connectivity index (χ2v) is 4.75. The quantitative estimate of drug-likeness (QED) is 0.703. The predicted molar refractivity (Wildman–Crippen MR) is 51.2 cm³/mol. The Morgan fingerprint density at radius 3 is 2.71 bits per heavy atom. The topological polar surface area (TPSA) is 49.8 Å². The molecular formula is C10H17NO3. The first kappa shape index (κ1) is 9.93. The van der Waals surface area contributed by atoms with Crippen LogP contribution in [0.3, 0.4) is 0 Å². The van der Waals surface area contributed by atoms with Crippen LogP contribution < -0.4 is 0 Å². The minimum atomic E-state index is -0.883. The average Bonchev–Trinajstić information content (AvgIpc) is 2.82. The van der Waals surface area contributed by atoms with Crippen LogP contribution in [0.2, 0.25) is 0 Å². The largest absolute Gasteiger partial charge is 0.480 e. The van der Waals surface area contributed by atoms with Crippen LogP contribution in [0.1, 0.15) is 19.8 Å². The highest BCUT2D eigenvalue weighted by atomic mass is 16.5. The van der Waals surface area contributed by atoms with Crippen LogP contribution in [0.4, 0.5) is 0 Å². The molecule has 2 rings (SSSR count). The molecule has 4 nitrogen and oxygen atoms in total. The van der Waals surface area contributed by atoms with E-state index in [-0.39, 0.29) is 12.2 Å². The molecule has 80 valence electrons. The van der Waals surface area contributed by atoms with Crippen molar-refractivity contribution in [2.45, 2.75) is 25.4 Å². The van der Waals surface area contributed by atoms with E-state index in [0.29, 0.717) is 0 Å². The number of carboxylic acids is 1. The molecule has 0 bridgehead atoms. The monoisotopic (exact) mass is 199 g/mol. The number of rotatable bonds is 5. The number of carbonyl (C=O) groups is 1. The second-order valence-electron chi connectivity index (χ2n) is 4.75. The summed E-state index contributed by atoms with van der Waals surface area (Å²) in [7, 11) is 0. The maximum atomic E-state index is 10.3. The molecule has 0 aromatic rings. The van der Waals surface area contributed by atoms with Gasteiger partial charge in [0.15, 0.2) is 0 Å². The van der Waals surface area contributed by atoms with Gasteiger partial charge in [-0.2, -0.15) is 0 Å². The third kappa shape index (κ3) is 2.45. The minimum Gasteiger partial charge on any atom is -0.480 e. The van der Waals surface area contributed by atoms with Crippen molar-refractivity contribution in [3.8, 4) is 0 Å². The number of carboxylic acid groups (broad SMARTS) is 1. The maximum Gasteiger partial charge on any atom is 0.329 e. The maximum absolute atomic E-state index is 10.3. The Morgan fingerprint density at radius 2 is 2.21 bits per heavy atom. The lowest BCUT2D eigenvalue weighted by Crippen LogP contribution is -2.62. The zero-order chi connectivity index (χ0) is 10.2. The van der Waals surface area contributed by atoms with E-state index < -0.39 is 5.97 Å². The molecule has 0 atom stereocenters. The molecular weight excluding hydrogens is 182 g/mol. The SMILES string of the molecule is CC1(OCC(=O)O)CN(CC2CC2)C1. The summed E-state index contributed by atoms with van der Waals surface area (Å²) in [6, 6.07) is 0. The normalized spacial score (nSPS) is 25.8. The van der Waals surface area contributed by atoms with E-state index in [4.69, 9.17) is 9.84 Å². The van der Waals surface area contributed by atoms with Crippen LogP contribution in [0.5, 0.6) is 0 Å². The van der Waals surface area contributed by atoms with Gasteiger partial charge in [-0.05, 0) is 25.7 Å². The van der Waals surface area contributed by atoms with Crippen LogP contribution in [-0.4, -0.2) is 47.8 Å². The highest BCUT2D eigenvalue weighted by Gasteiger charge is 2.41. The fourth-order valence-corrected chi connectivity index (χ4v) is 2.02. The molecule has 1 saturated heterocycles. The second kappa shape index (κ2) is 3.51. The lowest BCUT2D eigenvalue weighted by Gasteiger charge is -2.47. The van der Waals surface area contributed by atoms with E-state index in [1.807, 2.05) is 6.92 Å². The van der Waals surface area contributed by atoms with E-state index in [2.05, 4.69) is 4.90 Å². The Morgan fingerprint density at radius 1 is 1.57 bits per heavy atom. The third-order valence-electron chi connectivity index (χ3n) is 2.87. The van der Waals surface area contributed by atoms with Gasteiger partial charge in [0.05, 0.1) is 5.60 Å². The highest BCUT2D eigenvalue weighted by molar-refractivity contribution is 5.68. The van der Waals surface area contributed by atoms with Gasteiger partial charge in [-0.3, -0.25) is 4.90 Å². The van der Waals surface area contributed by atoms with Gasteiger partial charge in [0.25, 0.3) is 0 Å². The summed E-state index contributed by atoms with van der Waals surface area (Å²) in [5.74, 6) is 0.0193. The third-order valence-corrected chi connectivity index (χ3v) is 2.87. The van der Waals surface area contributed by atoms with Crippen molar-refractivity contribution in [1.29, 1.82) is 0 Å². The summed E-state index contributed by atoms with van der Waals surface area (Å²) in [6.07, 6.45) is 2.73. The van der Waals surface area contributed by atoms with E-state index in [9.17, 15) is 4.79 Å². The Bertz CT molecular complexity index is 232. The number of ether oxygens (including phenoxy) is 1. The molecule has 2 fully saturated rings. The van der Waals surface area contributed by atoms with Crippen molar-refractivity contribution in [2.24, 2.45) is 5.92 Å². The molecule has 1 aliphatic heterocycles. The Labute approximate surface area is 83.8 Å². The van der Waals surface area contributed by atoms with Crippen LogP contribution in [0.25, 0.3) is 0 Å². The van der Waals surface area contributed by atoms with Crippen LogP contribution in [0, 0.1) is 5.92 Å². The molecule has 2 aliphatic rings. The van der Waals surface area contributed by atoms with Crippen molar-refractivity contribution in [1.82, 2.24) is 4.90 Å². The van der Waals surface area contributed by atoms with Gasteiger partial charge in [0.2, 0.25) is 0 Å². The van der Waals surface area contributed by atoms with Crippen molar-refractivity contribution in [2.75, 3.05) is 26.2 Å². The summed E-state index contributed by atoms with van der Waals surface area (Å²) in [4.78, 5) is 12.7. The van der Waals surface area contributed by atoms with Crippen LogP contribution in [-0.2, 0) is 9.53 Å². The summed E-state index contributed by atoms with van der Waals surface area (Å²) < 4.78 is 5.32. The van der Waals surface area contributed by atoms with Crippen molar-refractivity contribution in [3.05, 3.63) is 0 Å². The van der Waals surface area contributed by atoms with Crippen molar-refractivity contribution < 1.29 is 14.6 Å². The fourth-order valence-electron chi connectivity index (χ4n) is 2.02. The molecule has 4 heteroatoms. The Kier molecular flexibility index (Phi) is 2.49. The summed E-state index contributed by atoms with van der Waals surface area (Å²) in [5, 5.41) is 8.48.